The Morgan fingerprint density at radius 1 is 1.07 bits per heavy atom. The van der Waals surface area contributed by atoms with Gasteiger partial charge in [0.05, 0.1) is 21.2 Å². The van der Waals surface area contributed by atoms with E-state index in [1.807, 2.05) is 6.92 Å². The number of hydrogen-bond donors (Lipinski definition) is 1. The minimum atomic E-state index is -3.75. The molecule has 7 nitrogen and oxygen atoms in total. The van der Waals surface area contributed by atoms with Crippen LogP contribution in [0.2, 0.25) is 5.02 Å². The van der Waals surface area contributed by atoms with E-state index in [2.05, 4.69) is 4.72 Å². The summed E-state index contributed by atoms with van der Waals surface area (Å²) < 4.78 is 27.4. The first-order valence-corrected chi connectivity index (χ1v) is 10.5. The lowest BCUT2D eigenvalue weighted by molar-refractivity contribution is -0.119. The molecule has 1 fully saturated rings. The van der Waals surface area contributed by atoms with Gasteiger partial charge in [0.15, 0.2) is 0 Å². The van der Waals surface area contributed by atoms with E-state index in [0.29, 0.717) is 31.7 Å². The smallest absolute Gasteiger partial charge is 0.261 e. The second kappa shape index (κ2) is 8.20. The van der Waals surface area contributed by atoms with Crippen molar-refractivity contribution >= 4 is 39.6 Å². The number of nitrogens with one attached hydrogen (secondary N) is 1. The van der Waals surface area contributed by atoms with Crippen LogP contribution >= 0.6 is 11.6 Å². The highest BCUT2D eigenvalue weighted by Gasteiger charge is 2.23. The predicted octanol–water partition coefficient (Wildman–Crippen LogP) is 2.36. The van der Waals surface area contributed by atoms with Crippen LogP contribution in [0.4, 0.5) is 5.69 Å². The zero-order valence-electron chi connectivity index (χ0n) is 15.3. The fourth-order valence-electron chi connectivity index (χ4n) is 2.88. The summed E-state index contributed by atoms with van der Waals surface area (Å²) in [5.41, 5.74) is 1.52. The summed E-state index contributed by atoms with van der Waals surface area (Å²) in [6.45, 7) is 3.67. The normalized spacial score (nSPS) is 14.6. The molecule has 2 amide bonds. The van der Waals surface area contributed by atoms with Crippen LogP contribution in [0, 0.1) is 6.92 Å². The zero-order chi connectivity index (χ0) is 20.3. The minimum Gasteiger partial charge on any atom is -0.342 e. The van der Waals surface area contributed by atoms with Gasteiger partial charge in [-0.1, -0.05) is 29.3 Å². The Balaban J connectivity index is 1.74. The molecule has 0 aromatic heterocycles. The number of rotatable bonds is 5. The molecule has 0 unspecified atom stereocenters. The molecule has 9 heteroatoms. The van der Waals surface area contributed by atoms with Crippen molar-refractivity contribution in [1.29, 1.82) is 0 Å². The van der Waals surface area contributed by atoms with Crippen molar-refractivity contribution < 1.29 is 18.0 Å². The van der Waals surface area contributed by atoms with Gasteiger partial charge >= 0.3 is 0 Å². The number of carbonyl (C=O) groups excluding carboxylic acids is 2. The van der Waals surface area contributed by atoms with Gasteiger partial charge in [-0.2, -0.15) is 0 Å². The fraction of sp³-hybridized carbons (Fsp3) is 0.263. The third-order valence-corrected chi connectivity index (χ3v) is 6.24. The molecular formula is C19H20ClN3O4S. The molecule has 1 saturated heterocycles. The molecule has 0 atom stereocenters. The van der Waals surface area contributed by atoms with Crippen LogP contribution in [0.5, 0.6) is 0 Å². The number of nitrogens with zero attached hydrogens (tertiary/aromatic N) is 2. The molecule has 0 saturated carbocycles. The summed E-state index contributed by atoms with van der Waals surface area (Å²) in [5, 5.41) is 0.159. The highest BCUT2D eigenvalue weighted by Crippen LogP contribution is 2.25. The van der Waals surface area contributed by atoms with E-state index in [4.69, 9.17) is 11.6 Å². The molecular weight excluding hydrogens is 402 g/mol. The number of piperazine rings is 1. The fourth-order valence-corrected chi connectivity index (χ4v) is 4.20. The van der Waals surface area contributed by atoms with Crippen molar-refractivity contribution in [2.75, 3.05) is 30.9 Å². The first kappa shape index (κ1) is 20.2. The van der Waals surface area contributed by atoms with Crippen molar-refractivity contribution in [3.05, 3.63) is 58.6 Å². The first-order chi connectivity index (χ1) is 13.3. The maximum absolute atomic E-state index is 12.7. The summed E-state index contributed by atoms with van der Waals surface area (Å²) in [7, 11) is -3.75. The summed E-state index contributed by atoms with van der Waals surface area (Å²) in [6.07, 6.45) is 0.768. The monoisotopic (exact) mass is 421 g/mol. The SMILES string of the molecule is Cc1ccc(S(=O)(=O)Nc2ccc(C(=O)N3CCN(C=O)CC3)c(Cl)c2)cc1. The highest BCUT2D eigenvalue weighted by atomic mass is 35.5. The topological polar surface area (TPSA) is 86.8 Å². The molecule has 1 N–H and O–H groups in total. The lowest BCUT2D eigenvalue weighted by atomic mass is 10.1. The summed E-state index contributed by atoms with van der Waals surface area (Å²) in [6, 6.07) is 10.9. The highest BCUT2D eigenvalue weighted by molar-refractivity contribution is 7.92. The van der Waals surface area contributed by atoms with E-state index < -0.39 is 10.0 Å². The molecule has 3 rings (SSSR count). The lowest BCUT2D eigenvalue weighted by Gasteiger charge is -2.32. The quantitative estimate of drug-likeness (QED) is 0.751. The number of aryl methyl sites for hydroxylation is 1. The van der Waals surface area contributed by atoms with Crippen LogP contribution in [-0.4, -0.2) is 56.7 Å². The molecule has 0 bridgehead atoms. The van der Waals surface area contributed by atoms with Gasteiger partial charge in [-0.3, -0.25) is 14.3 Å². The Hall–Kier alpha value is -2.58. The second-order valence-electron chi connectivity index (χ2n) is 6.55. The van der Waals surface area contributed by atoms with Crippen molar-refractivity contribution in [2.24, 2.45) is 0 Å². The molecule has 148 valence electrons. The molecule has 0 aliphatic carbocycles. The van der Waals surface area contributed by atoms with E-state index in [0.717, 1.165) is 12.0 Å². The van der Waals surface area contributed by atoms with Crippen LogP contribution in [-0.2, 0) is 14.8 Å². The van der Waals surface area contributed by atoms with Crippen molar-refractivity contribution in [1.82, 2.24) is 9.80 Å². The molecule has 0 spiro atoms. The third kappa shape index (κ3) is 4.45. The number of anilines is 1. The minimum absolute atomic E-state index is 0.141. The van der Waals surface area contributed by atoms with Gasteiger partial charge in [0.25, 0.3) is 15.9 Å². The average molecular weight is 422 g/mol. The van der Waals surface area contributed by atoms with Crippen molar-refractivity contribution in [3.63, 3.8) is 0 Å². The van der Waals surface area contributed by atoms with Crippen LogP contribution in [0.25, 0.3) is 0 Å². The van der Waals surface area contributed by atoms with Crippen molar-refractivity contribution in [2.45, 2.75) is 11.8 Å². The van der Waals surface area contributed by atoms with Gasteiger partial charge in [0.1, 0.15) is 0 Å². The van der Waals surface area contributed by atoms with Crippen LogP contribution in [0.3, 0.4) is 0 Å². The average Bonchev–Trinajstić information content (AvgIpc) is 2.68. The number of hydrogen-bond acceptors (Lipinski definition) is 4. The zero-order valence-corrected chi connectivity index (χ0v) is 16.8. The molecule has 1 aliphatic heterocycles. The van der Waals surface area contributed by atoms with Gasteiger partial charge in [-0.25, -0.2) is 8.42 Å². The maximum Gasteiger partial charge on any atom is 0.261 e. The standard InChI is InChI=1S/C19H20ClN3O4S/c1-14-2-5-16(6-3-14)28(26,27)21-15-4-7-17(18(20)12-15)19(25)23-10-8-22(13-24)9-11-23/h2-7,12-13,21H,8-11H2,1H3. The molecule has 1 aliphatic rings. The van der Waals surface area contributed by atoms with Crippen LogP contribution < -0.4 is 4.72 Å². The Morgan fingerprint density at radius 3 is 2.29 bits per heavy atom. The summed E-state index contributed by atoms with van der Waals surface area (Å²) in [5.74, 6) is -0.247. The predicted molar refractivity (Wildman–Crippen MR) is 107 cm³/mol. The number of benzene rings is 2. The van der Waals surface area contributed by atoms with Gasteiger partial charge in [-0.05, 0) is 37.3 Å². The Labute approximate surface area is 168 Å². The van der Waals surface area contributed by atoms with Gasteiger partial charge in [-0.15, -0.1) is 0 Å². The van der Waals surface area contributed by atoms with E-state index in [1.54, 1.807) is 21.9 Å². The number of halogens is 1. The Kier molecular flexibility index (Phi) is 5.90. The second-order valence-corrected chi connectivity index (χ2v) is 8.64. The van der Waals surface area contributed by atoms with Crippen LogP contribution in [0.1, 0.15) is 15.9 Å². The van der Waals surface area contributed by atoms with Crippen molar-refractivity contribution in [3.8, 4) is 0 Å². The van der Waals surface area contributed by atoms with E-state index in [-0.39, 0.29) is 21.5 Å². The molecule has 2 aromatic carbocycles. The van der Waals surface area contributed by atoms with E-state index >= 15 is 0 Å². The molecule has 1 heterocycles. The number of carbonyl (C=O) groups is 2. The lowest BCUT2D eigenvalue weighted by Crippen LogP contribution is -2.48. The summed E-state index contributed by atoms with van der Waals surface area (Å²) in [4.78, 5) is 26.8. The Morgan fingerprint density at radius 2 is 1.71 bits per heavy atom. The largest absolute Gasteiger partial charge is 0.342 e. The van der Waals surface area contributed by atoms with E-state index in [1.165, 1.54) is 30.3 Å². The molecule has 28 heavy (non-hydrogen) atoms. The molecule has 2 aromatic rings. The number of amides is 2. The van der Waals surface area contributed by atoms with Gasteiger partial charge in [0, 0.05) is 26.2 Å². The van der Waals surface area contributed by atoms with Gasteiger partial charge < -0.3 is 9.80 Å². The van der Waals surface area contributed by atoms with Crippen LogP contribution in [0.15, 0.2) is 47.4 Å². The van der Waals surface area contributed by atoms with E-state index in [9.17, 15) is 18.0 Å². The van der Waals surface area contributed by atoms with Gasteiger partial charge in [0.2, 0.25) is 6.41 Å². The first-order valence-electron chi connectivity index (χ1n) is 8.68. The Bertz CT molecular complexity index is 985. The molecule has 0 radical (unpaired) electrons. The third-order valence-electron chi connectivity index (χ3n) is 4.53. The number of sulfonamides is 1. The maximum atomic E-state index is 12.7. The summed E-state index contributed by atoms with van der Waals surface area (Å²) >= 11 is 6.25.